The molecule has 1 amide bonds. The van der Waals surface area contributed by atoms with Crippen LogP contribution in [0, 0.1) is 5.92 Å². The van der Waals surface area contributed by atoms with Gasteiger partial charge in [0.05, 0.1) is 12.9 Å². The summed E-state index contributed by atoms with van der Waals surface area (Å²) in [4.78, 5) is 28.6. The lowest BCUT2D eigenvalue weighted by Crippen LogP contribution is -2.41. The Kier molecular flexibility index (Phi) is 7.13. The molecular weight excluding hydrogens is 460 g/mol. The van der Waals surface area contributed by atoms with Crippen molar-refractivity contribution in [2.45, 2.75) is 31.4 Å². The zero-order valence-corrected chi connectivity index (χ0v) is 19.5. The second kappa shape index (κ2) is 10.2. The third-order valence-electron chi connectivity index (χ3n) is 5.60. The van der Waals surface area contributed by atoms with Crippen molar-refractivity contribution in [3.05, 3.63) is 66.4 Å². The Morgan fingerprint density at radius 3 is 2.71 bits per heavy atom. The molecule has 180 valence electrons. The number of piperidine rings is 1. The third-order valence-corrected chi connectivity index (χ3v) is 7.37. The van der Waals surface area contributed by atoms with Gasteiger partial charge < -0.3 is 19.0 Å². The normalized spacial score (nSPS) is 15.2. The molecule has 0 spiro atoms. The summed E-state index contributed by atoms with van der Waals surface area (Å²) in [6.45, 7) is 2.81. The molecule has 1 N–H and O–H groups in total. The summed E-state index contributed by atoms with van der Waals surface area (Å²) >= 11 is 0. The number of benzene rings is 1. The maximum atomic E-state index is 12.9. The molecule has 3 heterocycles. The fourth-order valence-electron chi connectivity index (χ4n) is 3.84. The molecule has 0 radical (unpaired) electrons. The SMILES string of the molecule is CCOC(=O)c1ccc(S(=O)(=O)N2CCC(C(=O)Nc3cccc(Cn4ccnc4)c3)CC2)o1. The third kappa shape index (κ3) is 5.37. The highest BCUT2D eigenvalue weighted by Gasteiger charge is 2.34. The van der Waals surface area contributed by atoms with Crippen molar-refractivity contribution in [2.75, 3.05) is 25.0 Å². The molecule has 1 saturated heterocycles. The van der Waals surface area contributed by atoms with Crippen LogP contribution in [0.1, 0.15) is 35.9 Å². The fraction of sp³-hybridized carbons (Fsp3) is 0.348. The first-order chi connectivity index (χ1) is 16.4. The summed E-state index contributed by atoms with van der Waals surface area (Å²) in [7, 11) is -3.91. The highest BCUT2D eigenvalue weighted by atomic mass is 32.2. The maximum Gasteiger partial charge on any atom is 0.374 e. The summed E-state index contributed by atoms with van der Waals surface area (Å²) in [6.07, 6.45) is 6.07. The standard InChI is InChI=1S/C23H26N4O6S/c1-2-32-23(29)20-6-7-21(33-20)34(30,31)27-11-8-18(9-12-27)22(28)25-19-5-3-4-17(14-19)15-26-13-10-24-16-26/h3-7,10,13-14,16,18H,2,8-9,11-12,15H2,1H3,(H,25,28). The van der Waals surface area contributed by atoms with E-state index < -0.39 is 16.0 Å². The van der Waals surface area contributed by atoms with Crippen molar-refractivity contribution >= 4 is 27.6 Å². The van der Waals surface area contributed by atoms with Crippen molar-refractivity contribution < 1.29 is 27.2 Å². The smallest absolute Gasteiger partial charge is 0.374 e. The van der Waals surface area contributed by atoms with Gasteiger partial charge in [0.25, 0.3) is 10.0 Å². The van der Waals surface area contributed by atoms with E-state index in [2.05, 4.69) is 10.3 Å². The van der Waals surface area contributed by atoms with Gasteiger partial charge in [-0.1, -0.05) is 12.1 Å². The first-order valence-corrected chi connectivity index (χ1v) is 12.4. The van der Waals surface area contributed by atoms with Gasteiger partial charge in [-0.3, -0.25) is 4.79 Å². The molecule has 1 fully saturated rings. The van der Waals surface area contributed by atoms with Crippen LogP contribution < -0.4 is 5.32 Å². The van der Waals surface area contributed by atoms with Gasteiger partial charge in [-0.05, 0) is 49.6 Å². The van der Waals surface area contributed by atoms with Crippen molar-refractivity contribution in [3.63, 3.8) is 0 Å². The zero-order valence-electron chi connectivity index (χ0n) is 18.7. The van der Waals surface area contributed by atoms with Gasteiger partial charge in [0.2, 0.25) is 16.8 Å². The number of rotatable bonds is 8. The molecule has 3 aromatic rings. The molecular formula is C23H26N4O6S. The number of aromatic nitrogens is 2. The number of anilines is 1. The number of carbonyl (C=O) groups excluding carboxylic acids is 2. The molecule has 11 heteroatoms. The van der Waals surface area contributed by atoms with Crippen LogP contribution >= 0.6 is 0 Å². The quantitative estimate of drug-likeness (QED) is 0.486. The van der Waals surface area contributed by atoms with Crippen molar-refractivity contribution in [1.29, 1.82) is 0 Å². The Morgan fingerprint density at radius 2 is 2.00 bits per heavy atom. The molecule has 0 aliphatic carbocycles. The predicted octanol–water partition coefficient (Wildman–Crippen LogP) is 2.74. The van der Waals surface area contributed by atoms with E-state index in [0.29, 0.717) is 25.1 Å². The van der Waals surface area contributed by atoms with Crippen molar-refractivity contribution in [1.82, 2.24) is 13.9 Å². The second-order valence-electron chi connectivity index (χ2n) is 7.94. The molecule has 1 aliphatic rings. The lowest BCUT2D eigenvalue weighted by atomic mass is 9.97. The largest absolute Gasteiger partial charge is 0.460 e. The highest BCUT2D eigenvalue weighted by molar-refractivity contribution is 7.89. The van der Waals surface area contributed by atoms with E-state index >= 15 is 0 Å². The molecule has 0 unspecified atom stereocenters. The molecule has 1 aliphatic heterocycles. The minimum Gasteiger partial charge on any atom is -0.460 e. The van der Waals surface area contributed by atoms with Gasteiger partial charge in [-0.2, -0.15) is 4.31 Å². The van der Waals surface area contributed by atoms with E-state index in [9.17, 15) is 18.0 Å². The first-order valence-electron chi connectivity index (χ1n) is 11.0. The van der Waals surface area contributed by atoms with Gasteiger partial charge in [-0.15, -0.1) is 0 Å². The lowest BCUT2D eigenvalue weighted by molar-refractivity contribution is -0.120. The highest BCUT2D eigenvalue weighted by Crippen LogP contribution is 2.26. The first kappa shape index (κ1) is 23.7. The number of nitrogens with zero attached hydrogens (tertiary/aromatic N) is 3. The fourth-order valence-corrected chi connectivity index (χ4v) is 5.22. The number of hydrogen-bond acceptors (Lipinski definition) is 7. The molecule has 4 rings (SSSR count). The maximum absolute atomic E-state index is 12.9. The lowest BCUT2D eigenvalue weighted by Gasteiger charge is -2.29. The van der Waals surface area contributed by atoms with Crippen molar-refractivity contribution in [3.8, 4) is 0 Å². The molecule has 0 saturated carbocycles. The van der Waals surface area contributed by atoms with E-state index in [4.69, 9.17) is 9.15 Å². The van der Waals surface area contributed by atoms with Gasteiger partial charge >= 0.3 is 5.97 Å². The van der Waals surface area contributed by atoms with E-state index in [1.54, 1.807) is 19.4 Å². The topological polar surface area (TPSA) is 124 Å². The number of amides is 1. The van der Waals surface area contributed by atoms with Crippen LogP contribution in [0.25, 0.3) is 0 Å². The Bertz CT molecular complexity index is 1240. The van der Waals surface area contributed by atoms with E-state index in [0.717, 1.165) is 5.56 Å². The summed E-state index contributed by atoms with van der Waals surface area (Å²) in [5, 5.41) is 2.63. The van der Waals surface area contributed by atoms with E-state index in [1.165, 1.54) is 16.4 Å². The van der Waals surface area contributed by atoms with Crippen LogP contribution in [0.5, 0.6) is 0 Å². The summed E-state index contributed by atoms with van der Waals surface area (Å²) < 4.78 is 39.1. The molecule has 2 aromatic heterocycles. The van der Waals surface area contributed by atoms with Crippen LogP contribution in [-0.2, 0) is 26.1 Å². The average Bonchev–Trinajstić information content (AvgIpc) is 3.52. The molecule has 0 atom stereocenters. The van der Waals surface area contributed by atoms with E-state index in [1.807, 2.05) is 35.0 Å². The molecule has 10 nitrogen and oxygen atoms in total. The molecule has 34 heavy (non-hydrogen) atoms. The van der Waals surface area contributed by atoms with Gasteiger partial charge in [-0.25, -0.2) is 18.2 Å². The molecule has 0 bridgehead atoms. The summed E-state index contributed by atoms with van der Waals surface area (Å²) in [5.74, 6) is -1.33. The Morgan fingerprint density at radius 1 is 1.21 bits per heavy atom. The monoisotopic (exact) mass is 486 g/mol. The van der Waals surface area contributed by atoms with E-state index in [-0.39, 0.29) is 42.4 Å². The van der Waals surface area contributed by atoms with Crippen LogP contribution in [0.4, 0.5) is 5.69 Å². The number of carbonyl (C=O) groups is 2. The van der Waals surface area contributed by atoms with Crippen molar-refractivity contribution in [2.24, 2.45) is 5.92 Å². The summed E-state index contributed by atoms with van der Waals surface area (Å²) in [6, 6.07) is 10.1. The number of sulfonamides is 1. The number of esters is 1. The Labute approximate surface area is 197 Å². The van der Waals surface area contributed by atoms with Crippen LogP contribution in [0.15, 0.2) is 64.6 Å². The number of ether oxygens (including phenoxy) is 1. The Hall–Kier alpha value is -3.44. The zero-order chi connectivity index (χ0) is 24.1. The number of furan rings is 1. The number of hydrogen-bond donors (Lipinski definition) is 1. The summed E-state index contributed by atoms with van der Waals surface area (Å²) in [5.41, 5.74) is 1.72. The average molecular weight is 487 g/mol. The van der Waals surface area contributed by atoms with Crippen LogP contribution in [0.2, 0.25) is 0 Å². The molecule has 1 aromatic carbocycles. The van der Waals surface area contributed by atoms with Gasteiger partial charge in [0, 0.05) is 43.6 Å². The predicted molar refractivity (Wildman–Crippen MR) is 123 cm³/mol. The van der Waals surface area contributed by atoms with Crippen LogP contribution in [0.3, 0.4) is 0 Å². The number of imidazole rings is 1. The van der Waals surface area contributed by atoms with Gasteiger partial charge in [0.1, 0.15) is 0 Å². The Balaban J connectivity index is 1.33. The minimum atomic E-state index is -3.91. The number of nitrogens with one attached hydrogen (secondary N) is 1. The minimum absolute atomic E-state index is 0.139. The van der Waals surface area contributed by atoms with Gasteiger partial charge in [0.15, 0.2) is 0 Å². The van der Waals surface area contributed by atoms with Crippen LogP contribution in [-0.4, -0.2) is 53.8 Å². The second-order valence-corrected chi connectivity index (χ2v) is 9.81.